The molecule has 0 saturated carbocycles. The van der Waals surface area contributed by atoms with Gasteiger partial charge in [-0.1, -0.05) is 79.3 Å². The standard InChI is InChI=1S/C28H23FOS/c1-19(21-11-12-28-24(13-21)14-22-9-5-6-10-27(22)31-28)23-15-25(29)17-26(16-23)30-18-20-7-3-2-4-8-20/h2-13,15-17,19H,14,18H2,1H3. The van der Waals surface area contributed by atoms with Gasteiger partial charge in [0.1, 0.15) is 18.2 Å². The summed E-state index contributed by atoms with van der Waals surface area (Å²) in [7, 11) is 0. The quantitative estimate of drug-likeness (QED) is 0.286. The van der Waals surface area contributed by atoms with Crippen molar-refractivity contribution in [3.8, 4) is 5.75 Å². The van der Waals surface area contributed by atoms with E-state index in [4.69, 9.17) is 4.74 Å². The third kappa shape index (κ3) is 4.38. The predicted molar refractivity (Wildman–Crippen MR) is 125 cm³/mol. The minimum absolute atomic E-state index is 0.0715. The smallest absolute Gasteiger partial charge is 0.127 e. The Bertz CT molecular complexity index is 1220. The van der Waals surface area contributed by atoms with Crippen molar-refractivity contribution in [3.63, 3.8) is 0 Å². The fourth-order valence-corrected chi connectivity index (χ4v) is 5.08. The fraction of sp³-hybridized carbons (Fsp3) is 0.143. The van der Waals surface area contributed by atoms with Crippen molar-refractivity contribution < 1.29 is 9.13 Å². The lowest BCUT2D eigenvalue weighted by Gasteiger charge is -2.21. The van der Waals surface area contributed by atoms with E-state index < -0.39 is 0 Å². The molecule has 4 aromatic rings. The van der Waals surface area contributed by atoms with Gasteiger partial charge >= 0.3 is 0 Å². The van der Waals surface area contributed by atoms with Gasteiger partial charge in [-0.05, 0) is 58.5 Å². The third-order valence-corrected chi connectivity index (χ3v) is 7.04. The zero-order valence-electron chi connectivity index (χ0n) is 17.3. The number of hydrogen-bond donors (Lipinski definition) is 0. The van der Waals surface area contributed by atoms with Crippen LogP contribution >= 0.6 is 11.8 Å². The molecule has 0 N–H and O–H groups in total. The van der Waals surface area contributed by atoms with Gasteiger partial charge in [0.2, 0.25) is 0 Å². The Kier molecular flexibility index (Phi) is 5.52. The van der Waals surface area contributed by atoms with E-state index in [0.717, 1.165) is 17.5 Å². The Hall–Kier alpha value is -3.04. The van der Waals surface area contributed by atoms with Crippen molar-refractivity contribution in [1.29, 1.82) is 0 Å². The van der Waals surface area contributed by atoms with E-state index in [1.807, 2.05) is 48.2 Å². The Labute approximate surface area is 186 Å². The van der Waals surface area contributed by atoms with Crippen LogP contribution < -0.4 is 4.74 Å². The maximum absolute atomic E-state index is 14.4. The highest BCUT2D eigenvalue weighted by atomic mass is 32.2. The molecule has 0 fully saturated rings. The minimum atomic E-state index is -0.269. The van der Waals surface area contributed by atoms with Crippen LogP contribution in [0.2, 0.25) is 0 Å². The summed E-state index contributed by atoms with van der Waals surface area (Å²) in [6.07, 6.45) is 0.938. The molecule has 154 valence electrons. The highest BCUT2D eigenvalue weighted by Gasteiger charge is 2.18. The number of hydrogen-bond acceptors (Lipinski definition) is 2. The first-order valence-electron chi connectivity index (χ1n) is 10.5. The van der Waals surface area contributed by atoms with Gasteiger partial charge in [-0.15, -0.1) is 0 Å². The summed E-state index contributed by atoms with van der Waals surface area (Å²) >= 11 is 1.83. The van der Waals surface area contributed by atoms with Crippen LogP contribution in [0.5, 0.6) is 5.75 Å². The molecule has 1 aliphatic rings. The molecule has 1 unspecified atom stereocenters. The van der Waals surface area contributed by atoms with Crippen LogP contribution in [0.25, 0.3) is 0 Å². The van der Waals surface area contributed by atoms with Gasteiger partial charge in [-0.2, -0.15) is 0 Å². The fourth-order valence-electron chi connectivity index (χ4n) is 4.03. The van der Waals surface area contributed by atoms with Crippen LogP contribution in [0.1, 0.15) is 40.7 Å². The molecular formula is C28H23FOS. The van der Waals surface area contributed by atoms with Crippen LogP contribution in [-0.2, 0) is 13.0 Å². The summed E-state index contributed by atoms with van der Waals surface area (Å²) in [5.41, 5.74) is 5.89. The number of benzene rings is 4. The Morgan fingerprint density at radius 1 is 0.806 bits per heavy atom. The number of rotatable bonds is 5. The van der Waals surface area contributed by atoms with Gasteiger partial charge in [0.05, 0.1) is 0 Å². The topological polar surface area (TPSA) is 9.23 Å². The molecule has 0 radical (unpaired) electrons. The van der Waals surface area contributed by atoms with Crippen molar-refractivity contribution in [1.82, 2.24) is 0 Å². The Balaban J connectivity index is 1.38. The van der Waals surface area contributed by atoms with Crippen LogP contribution in [0.3, 0.4) is 0 Å². The molecular weight excluding hydrogens is 403 g/mol. The zero-order valence-corrected chi connectivity index (χ0v) is 18.2. The van der Waals surface area contributed by atoms with Gasteiger partial charge < -0.3 is 4.74 Å². The molecule has 0 aliphatic carbocycles. The normalized spacial score (nSPS) is 13.2. The third-order valence-electron chi connectivity index (χ3n) is 5.80. The van der Waals surface area contributed by atoms with Crippen molar-refractivity contribution in [2.24, 2.45) is 0 Å². The van der Waals surface area contributed by atoms with E-state index in [1.54, 1.807) is 6.07 Å². The second-order valence-electron chi connectivity index (χ2n) is 7.97. The molecule has 31 heavy (non-hydrogen) atoms. The summed E-state index contributed by atoms with van der Waals surface area (Å²) in [6, 6.07) is 30.2. The van der Waals surface area contributed by atoms with Gasteiger partial charge in [0.25, 0.3) is 0 Å². The first-order chi connectivity index (χ1) is 15.2. The molecule has 1 atom stereocenters. The summed E-state index contributed by atoms with van der Waals surface area (Å²) in [6.45, 7) is 2.55. The lowest BCUT2D eigenvalue weighted by molar-refractivity contribution is 0.304. The zero-order chi connectivity index (χ0) is 21.2. The lowest BCUT2D eigenvalue weighted by Crippen LogP contribution is -2.04. The van der Waals surface area contributed by atoms with E-state index >= 15 is 0 Å². The SMILES string of the molecule is CC(c1cc(F)cc(OCc2ccccc2)c1)c1ccc2c(c1)Cc1ccccc1S2. The van der Waals surface area contributed by atoms with Gasteiger partial charge in [-0.3, -0.25) is 0 Å². The molecule has 5 rings (SSSR count). The first kappa shape index (κ1) is 19.9. The van der Waals surface area contributed by atoms with Crippen molar-refractivity contribution in [3.05, 3.63) is 125 Å². The van der Waals surface area contributed by atoms with Crippen LogP contribution in [0.4, 0.5) is 4.39 Å². The maximum atomic E-state index is 14.4. The van der Waals surface area contributed by atoms with Crippen LogP contribution in [0, 0.1) is 5.82 Å². The van der Waals surface area contributed by atoms with Crippen molar-refractivity contribution in [2.75, 3.05) is 0 Å². The van der Waals surface area contributed by atoms with E-state index in [-0.39, 0.29) is 11.7 Å². The molecule has 1 heterocycles. The van der Waals surface area contributed by atoms with Gasteiger partial charge in [-0.25, -0.2) is 4.39 Å². The molecule has 0 saturated heterocycles. The van der Waals surface area contributed by atoms with Crippen molar-refractivity contribution in [2.45, 2.75) is 35.7 Å². The molecule has 3 heteroatoms. The predicted octanol–water partition coefficient (Wildman–Crippen LogP) is 7.61. The highest BCUT2D eigenvalue weighted by Crippen LogP contribution is 2.41. The van der Waals surface area contributed by atoms with Gasteiger partial charge in [0.15, 0.2) is 0 Å². The Morgan fingerprint density at radius 3 is 2.45 bits per heavy atom. The average molecular weight is 427 g/mol. The Morgan fingerprint density at radius 2 is 1.58 bits per heavy atom. The molecule has 0 amide bonds. The summed E-state index contributed by atoms with van der Waals surface area (Å²) < 4.78 is 20.3. The second kappa shape index (κ2) is 8.60. The number of fused-ring (bicyclic) bond motifs is 2. The van der Waals surface area contributed by atoms with Gasteiger partial charge in [0, 0.05) is 21.8 Å². The molecule has 4 aromatic carbocycles. The molecule has 1 nitrogen and oxygen atoms in total. The second-order valence-corrected chi connectivity index (χ2v) is 9.05. The lowest BCUT2D eigenvalue weighted by atomic mass is 9.90. The van der Waals surface area contributed by atoms with E-state index in [9.17, 15) is 4.39 Å². The van der Waals surface area contributed by atoms with E-state index in [1.165, 1.54) is 32.5 Å². The molecule has 0 bridgehead atoms. The highest BCUT2D eigenvalue weighted by molar-refractivity contribution is 7.99. The summed E-state index contributed by atoms with van der Waals surface area (Å²) in [5, 5.41) is 0. The average Bonchev–Trinajstić information content (AvgIpc) is 2.81. The van der Waals surface area contributed by atoms with E-state index in [2.05, 4.69) is 49.4 Å². The van der Waals surface area contributed by atoms with E-state index in [0.29, 0.717) is 12.4 Å². The molecule has 1 aliphatic heterocycles. The molecule has 0 spiro atoms. The monoisotopic (exact) mass is 426 g/mol. The maximum Gasteiger partial charge on any atom is 0.127 e. The first-order valence-corrected chi connectivity index (χ1v) is 11.3. The number of ether oxygens (including phenoxy) is 1. The van der Waals surface area contributed by atoms with Crippen LogP contribution in [0.15, 0.2) is 101 Å². The molecule has 0 aromatic heterocycles. The summed E-state index contributed by atoms with van der Waals surface area (Å²) in [5.74, 6) is 0.366. The largest absolute Gasteiger partial charge is 0.489 e. The summed E-state index contributed by atoms with van der Waals surface area (Å²) in [4.78, 5) is 2.64. The van der Waals surface area contributed by atoms with Crippen LogP contribution in [-0.4, -0.2) is 0 Å². The van der Waals surface area contributed by atoms with Crippen molar-refractivity contribution >= 4 is 11.8 Å². The number of halogens is 1. The minimum Gasteiger partial charge on any atom is -0.489 e.